The molecular formula is C13H16ClN3OS. The Hall–Kier alpha value is -1.20. The van der Waals surface area contributed by atoms with E-state index in [1.54, 1.807) is 18.0 Å². The summed E-state index contributed by atoms with van der Waals surface area (Å²) < 4.78 is 0. The number of halogens is 1. The lowest BCUT2D eigenvalue weighted by molar-refractivity contribution is -0.129. The van der Waals surface area contributed by atoms with E-state index in [9.17, 15) is 4.79 Å². The number of thioether (sulfide) groups is 1. The van der Waals surface area contributed by atoms with Gasteiger partial charge in [-0.25, -0.2) is 4.98 Å². The quantitative estimate of drug-likeness (QED) is 0.944. The van der Waals surface area contributed by atoms with Gasteiger partial charge in [0.2, 0.25) is 5.91 Å². The van der Waals surface area contributed by atoms with Crippen molar-refractivity contribution in [2.45, 2.75) is 18.7 Å². The van der Waals surface area contributed by atoms with Gasteiger partial charge in [0.25, 0.3) is 0 Å². The molecule has 0 radical (unpaired) electrons. The fourth-order valence-corrected chi connectivity index (χ4v) is 2.38. The number of benzene rings is 1. The van der Waals surface area contributed by atoms with Crippen molar-refractivity contribution >= 4 is 40.3 Å². The van der Waals surface area contributed by atoms with Gasteiger partial charge in [-0.15, -0.1) is 0 Å². The minimum Gasteiger partial charge on any atom is -0.340 e. The molecule has 19 heavy (non-hydrogen) atoms. The number of hydrogen-bond acceptors (Lipinski definition) is 3. The van der Waals surface area contributed by atoms with Crippen molar-refractivity contribution in [2.24, 2.45) is 0 Å². The summed E-state index contributed by atoms with van der Waals surface area (Å²) in [6, 6.07) is 5.50. The van der Waals surface area contributed by atoms with Crippen molar-refractivity contribution in [1.82, 2.24) is 14.9 Å². The number of amides is 1. The minimum absolute atomic E-state index is 0.0381. The van der Waals surface area contributed by atoms with Gasteiger partial charge < -0.3 is 9.88 Å². The fraction of sp³-hybridized carbons (Fsp3) is 0.385. The number of H-pyrrole nitrogens is 1. The van der Waals surface area contributed by atoms with Crippen molar-refractivity contribution < 1.29 is 4.79 Å². The number of hydrogen-bond donors (Lipinski definition) is 1. The van der Waals surface area contributed by atoms with Crippen LogP contribution in [0.2, 0.25) is 5.02 Å². The lowest BCUT2D eigenvalue weighted by Crippen LogP contribution is -2.32. The zero-order chi connectivity index (χ0) is 14.0. The number of rotatable bonds is 4. The van der Waals surface area contributed by atoms with E-state index in [1.165, 1.54) is 11.8 Å². The Morgan fingerprint density at radius 1 is 1.58 bits per heavy atom. The highest BCUT2D eigenvalue weighted by molar-refractivity contribution is 7.99. The zero-order valence-electron chi connectivity index (χ0n) is 11.1. The molecule has 1 amide bonds. The molecule has 1 atom stereocenters. The topological polar surface area (TPSA) is 49.0 Å². The summed E-state index contributed by atoms with van der Waals surface area (Å²) in [6.07, 6.45) is 1.93. The predicted octanol–water partition coefficient (Wildman–Crippen LogP) is 2.93. The Morgan fingerprint density at radius 2 is 2.32 bits per heavy atom. The first-order chi connectivity index (χ1) is 9.01. The Labute approximate surface area is 121 Å². The standard InChI is InChI=1S/C13H16ClN3OS/c1-8(19-3)13(18)17(2)7-12-15-10-5-4-9(14)6-11(10)16-12/h4-6,8H,7H2,1-3H3,(H,15,16). The van der Waals surface area contributed by atoms with Gasteiger partial charge in [-0.3, -0.25) is 4.79 Å². The van der Waals surface area contributed by atoms with Crippen LogP contribution in [0.4, 0.5) is 0 Å². The Bertz CT molecular complexity index is 599. The molecule has 1 aromatic heterocycles. The van der Waals surface area contributed by atoms with Crippen LogP contribution >= 0.6 is 23.4 Å². The van der Waals surface area contributed by atoms with Crippen LogP contribution in [0.3, 0.4) is 0 Å². The smallest absolute Gasteiger partial charge is 0.235 e. The second kappa shape index (κ2) is 5.84. The molecule has 4 nitrogen and oxygen atoms in total. The maximum absolute atomic E-state index is 12.0. The molecule has 0 aliphatic heterocycles. The highest BCUT2D eigenvalue weighted by Gasteiger charge is 2.17. The zero-order valence-corrected chi connectivity index (χ0v) is 12.7. The second-order valence-electron chi connectivity index (χ2n) is 4.42. The molecule has 1 unspecified atom stereocenters. The Balaban J connectivity index is 2.15. The largest absolute Gasteiger partial charge is 0.340 e. The normalized spacial score (nSPS) is 12.6. The van der Waals surface area contributed by atoms with Crippen LogP contribution in [-0.2, 0) is 11.3 Å². The van der Waals surface area contributed by atoms with Gasteiger partial charge in [-0.05, 0) is 31.4 Å². The second-order valence-corrected chi connectivity index (χ2v) is 6.03. The molecule has 0 bridgehead atoms. The van der Waals surface area contributed by atoms with Crippen LogP contribution in [-0.4, -0.2) is 39.3 Å². The van der Waals surface area contributed by atoms with Crippen molar-refractivity contribution in [3.63, 3.8) is 0 Å². The fourth-order valence-electron chi connectivity index (χ4n) is 1.82. The number of imidazole rings is 1. The highest BCUT2D eigenvalue weighted by Crippen LogP contribution is 2.18. The first kappa shape index (κ1) is 14.2. The molecule has 0 aliphatic carbocycles. The molecule has 6 heteroatoms. The third kappa shape index (κ3) is 3.22. The van der Waals surface area contributed by atoms with Gasteiger partial charge in [-0.1, -0.05) is 11.6 Å². The van der Waals surface area contributed by atoms with Crippen LogP contribution in [0.15, 0.2) is 18.2 Å². The lowest BCUT2D eigenvalue weighted by Gasteiger charge is -2.18. The van der Waals surface area contributed by atoms with Gasteiger partial charge in [0.1, 0.15) is 5.82 Å². The van der Waals surface area contributed by atoms with Crippen LogP contribution in [0.1, 0.15) is 12.7 Å². The number of nitrogens with zero attached hydrogens (tertiary/aromatic N) is 2. The Kier molecular flexibility index (Phi) is 4.37. The average Bonchev–Trinajstić information content (AvgIpc) is 2.77. The van der Waals surface area contributed by atoms with E-state index in [-0.39, 0.29) is 11.2 Å². The van der Waals surface area contributed by atoms with E-state index in [1.807, 2.05) is 25.3 Å². The number of nitrogens with one attached hydrogen (secondary N) is 1. The monoisotopic (exact) mass is 297 g/mol. The van der Waals surface area contributed by atoms with Crippen molar-refractivity contribution in [2.75, 3.05) is 13.3 Å². The summed E-state index contributed by atoms with van der Waals surface area (Å²) in [6.45, 7) is 2.37. The van der Waals surface area contributed by atoms with Crippen molar-refractivity contribution in [3.8, 4) is 0 Å². The van der Waals surface area contributed by atoms with Crippen LogP contribution in [0, 0.1) is 0 Å². The molecule has 0 spiro atoms. The summed E-state index contributed by atoms with van der Waals surface area (Å²) in [4.78, 5) is 21.3. The SMILES string of the molecule is CSC(C)C(=O)N(C)Cc1nc2ccc(Cl)cc2[nH]1. The number of fused-ring (bicyclic) bond motifs is 1. The third-order valence-corrected chi connectivity index (χ3v) is 4.10. The summed E-state index contributed by atoms with van der Waals surface area (Å²) in [5.74, 6) is 0.868. The maximum Gasteiger partial charge on any atom is 0.235 e. The van der Waals surface area contributed by atoms with Crippen LogP contribution < -0.4 is 0 Å². The molecule has 2 rings (SSSR count). The molecular weight excluding hydrogens is 282 g/mol. The van der Waals surface area contributed by atoms with Gasteiger partial charge in [0, 0.05) is 12.1 Å². The summed E-state index contributed by atoms with van der Waals surface area (Å²) in [7, 11) is 1.79. The van der Waals surface area contributed by atoms with E-state index in [4.69, 9.17) is 11.6 Å². The van der Waals surface area contributed by atoms with E-state index < -0.39 is 0 Å². The van der Waals surface area contributed by atoms with Crippen molar-refractivity contribution in [3.05, 3.63) is 29.0 Å². The van der Waals surface area contributed by atoms with Gasteiger partial charge >= 0.3 is 0 Å². The highest BCUT2D eigenvalue weighted by atomic mass is 35.5. The molecule has 102 valence electrons. The molecule has 1 N–H and O–H groups in total. The summed E-state index contributed by atoms with van der Waals surface area (Å²) in [5, 5.41) is 0.631. The molecule has 1 heterocycles. The van der Waals surface area contributed by atoms with Crippen LogP contribution in [0.25, 0.3) is 11.0 Å². The number of aromatic nitrogens is 2. The van der Waals surface area contributed by atoms with Crippen molar-refractivity contribution in [1.29, 1.82) is 0 Å². The van der Waals surface area contributed by atoms with E-state index >= 15 is 0 Å². The number of aromatic amines is 1. The van der Waals surface area contributed by atoms with E-state index in [2.05, 4.69) is 9.97 Å². The van der Waals surface area contributed by atoms with Gasteiger partial charge in [0.05, 0.1) is 22.8 Å². The van der Waals surface area contributed by atoms with Gasteiger partial charge in [-0.2, -0.15) is 11.8 Å². The number of carbonyl (C=O) groups excluding carboxylic acids is 1. The molecule has 0 fully saturated rings. The van der Waals surface area contributed by atoms with E-state index in [0.717, 1.165) is 16.9 Å². The first-order valence-electron chi connectivity index (χ1n) is 5.93. The molecule has 0 saturated carbocycles. The number of carbonyl (C=O) groups is 1. The predicted molar refractivity (Wildman–Crippen MR) is 80.6 cm³/mol. The third-order valence-electron chi connectivity index (χ3n) is 2.96. The summed E-state index contributed by atoms with van der Waals surface area (Å²) >= 11 is 7.47. The first-order valence-corrected chi connectivity index (χ1v) is 7.59. The molecule has 0 aliphatic rings. The van der Waals surface area contributed by atoms with E-state index in [0.29, 0.717) is 11.6 Å². The minimum atomic E-state index is -0.0381. The maximum atomic E-state index is 12.0. The lowest BCUT2D eigenvalue weighted by atomic mass is 10.3. The average molecular weight is 298 g/mol. The molecule has 0 saturated heterocycles. The van der Waals surface area contributed by atoms with Gasteiger partial charge in [0.15, 0.2) is 0 Å². The molecule has 2 aromatic rings. The summed E-state index contributed by atoms with van der Waals surface area (Å²) in [5.41, 5.74) is 1.75. The molecule has 1 aromatic carbocycles. The Morgan fingerprint density at radius 3 is 3.00 bits per heavy atom. The van der Waals surface area contributed by atoms with Crippen LogP contribution in [0.5, 0.6) is 0 Å².